The average Bonchev–Trinajstić information content (AvgIpc) is 2.97. The van der Waals surface area contributed by atoms with Crippen LogP contribution < -0.4 is 5.32 Å². The van der Waals surface area contributed by atoms with Gasteiger partial charge in [-0.25, -0.2) is 0 Å². The summed E-state index contributed by atoms with van der Waals surface area (Å²) < 4.78 is 5.25. The van der Waals surface area contributed by atoms with E-state index in [2.05, 4.69) is 10.5 Å². The summed E-state index contributed by atoms with van der Waals surface area (Å²) in [5, 5.41) is 16.9. The van der Waals surface area contributed by atoms with E-state index in [9.17, 15) is 9.90 Å². The van der Waals surface area contributed by atoms with E-state index in [1.165, 1.54) is 0 Å². The first kappa shape index (κ1) is 14.8. The third-order valence-electron chi connectivity index (χ3n) is 4.17. The maximum absolute atomic E-state index is 12.3. The Morgan fingerprint density at radius 2 is 2.14 bits per heavy atom. The number of nitrogens with one attached hydrogen (secondary N) is 1. The van der Waals surface area contributed by atoms with Crippen molar-refractivity contribution in [2.75, 3.05) is 6.54 Å². The molecule has 5 nitrogen and oxygen atoms in total. The maximum Gasteiger partial charge on any atom is 0.273 e. The van der Waals surface area contributed by atoms with Crippen LogP contribution >= 0.6 is 0 Å². The van der Waals surface area contributed by atoms with Crippen LogP contribution in [0.3, 0.4) is 0 Å². The molecule has 3 rings (SSSR count). The minimum absolute atomic E-state index is 0.158. The normalized spacial score (nSPS) is 15.2. The predicted molar refractivity (Wildman–Crippen MR) is 81.6 cm³/mol. The Morgan fingerprint density at radius 1 is 1.36 bits per heavy atom. The number of carbonyl (C=O) groups excluding carboxylic acids is 1. The molecule has 0 aliphatic heterocycles. The molecule has 116 valence electrons. The van der Waals surface area contributed by atoms with Crippen LogP contribution in [0.25, 0.3) is 0 Å². The Hall–Kier alpha value is -2.14. The molecule has 1 atom stereocenters. The zero-order valence-electron chi connectivity index (χ0n) is 12.6. The van der Waals surface area contributed by atoms with Crippen molar-refractivity contribution >= 4 is 5.91 Å². The number of aliphatic hydroxyl groups is 1. The molecule has 0 fully saturated rings. The van der Waals surface area contributed by atoms with Crippen LogP contribution in [0, 0.1) is 6.92 Å². The van der Waals surface area contributed by atoms with Crippen LogP contribution in [0.1, 0.15) is 51.9 Å². The Balaban J connectivity index is 1.65. The fraction of sp³-hybridized carbons (Fsp3) is 0.412. The largest absolute Gasteiger partial charge is 0.387 e. The summed E-state index contributed by atoms with van der Waals surface area (Å²) in [6, 6.07) is 7.60. The monoisotopic (exact) mass is 300 g/mol. The van der Waals surface area contributed by atoms with Gasteiger partial charge in [-0.2, -0.15) is 0 Å². The van der Waals surface area contributed by atoms with Gasteiger partial charge in [0.2, 0.25) is 0 Å². The SMILES string of the molecule is Cc1ccccc1[C@@H](O)CNC(=O)c1noc2c1CCCC2. The Labute approximate surface area is 129 Å². The van der Waals surface area contributed by atoms with Gasteiger partial charge in [-0.15, -0.1) is 0 Å². The van der Waals surface area contributed by atoms with Crippen LogP contribution in [-0.2, 0) is 12.8 Å². The van der Waals surface area contributed by atoms with Gasteiger partial charge in [0.05, 0.1) is 6.10 Å². The van der Waals surface area contributed by atoms with Gasteiger partial charge in [-0.05, 0) is 37.3 Å². The highest BCUT2D eigenvalue weighted by Gasteiger charge is 2.24. The topological polar surface area (TPSA) is 75.4 Å². The molecular weight excluding hydrogens is 280 g/mol. The second-order valence-corrected chi connectivity index (χ2v) is 5.72. The third-order valence-corrected chi connectivity index (χ3v) is 4.17. The summed E-state index contributed by atoms with van der Waals surface area (Å²) in [6.45, 7) is 2.10. The van der Waals surface area contributed by atoms with Gasteiger partial charge in [-0.1, -0.05) is 29.4 Å². The van der Waals surface area contributed by atoms with Crippen molar-refractivity contribution in [1.82, 2.24) is 10.5 Å². The van der Waals surface area contributed by atoms with Crippen LogP contribution in [0.2, 0.25) is 0 Å². The molecule has 1 aliphatic carbocycles. The lowest BCUT2D eigenvalue weighted by molar-refractivity contribution is 0.0906. The van der Waals surface area contributed by atoms with Crippen LogP contribution in [0.5, 0.6) is 0 Å². The number of rotatable bonds is 4. The smallest absolute Gasteiger partial charge is 0.273 e. The molecule has 1 amide bonds. The van der Waals surface area contributed by atoms with E-state index >= 15 is 0 Å². The highest BCUT2D eigenvalue weighted by Crippen LogP contribution is 2.24. The lowest BCUT2D eigenvalue weighted by Gasteiger charge is -2.14. The second kappa shape index (κ2) is 6.32. The van der Waals surface area contributed by atoms with Crippen molar-refractivity contribution in [3.05, 3.63) is 52.4 Å². The molecule has 1 aromatic carbocycles. The highest BCUT2D eigenvalue weighted by molar-refractivity contribution is 5.93. The molecule has 0 bridgehead atoms. The Bertz CT molecular complexity index is 678. The number of aliphatic hydroxyl groups excluding tert-OH is 1. The third kappa shape index (κ3) is 2.90. The van der Waals surface area contributed by atoms with Crippen LogP contribution in [0.4, 0.5) is 0 Å². The first-order valence-electron chi connectivity index (χ1n) is 7.66. The summed E-state index contributed by atoms with van der Waals surface area (Å²) >= 11 is 0. The highest BCUT2D eigenvalue weighted by atomic mass is 16.5. The molecule has 22 heavy (non-hydrogen) atoms. The van der Waals surface area contributed by atoms with E-state index in [0.29, 0.717) is 5.69 Å². The van der Waals surface area contributed by atoms with Crippen molar-refractivity contribution in [1.29, 1.82) is 0 Å². The number of hydrogen-bond acceptors (Lipinski definition) is 4. The van der Waals surface area contributed by atoms with Gasteiger partial charge >= 0.3 is 0 Å². The molecule has 5 heteroatoms. The minimum atomic E-state index is -0.729. The number of benzene rings is 1. The van der Waals surface area contributed by atoms with E-state index in [4.69, 9.17) is 4.52 Å². The summed E-state index contributed by atoms with van der Waals surface area (Å²) in [5.41, 5.74) is 3.12. The summed E-state index contributed by atoms with van der Waals surface area (Å²) in [6.07, 6.45) is 3.09. The molecule has 0 saturated heterocycles. The summed E-state index contributed by atoms with van der Waals surface area (Å²) in [5.74, 6) is 0.551. The predicted octanol–water partition coefficient (Wildman–Crippen LogP) is 2.33. The summed E-state index contributed by atoms with van der Waals surface area (Å²) in [4.78, 5) is 12.3. The second-order valence-electron chi connectivity index (χ2n) is 5.72. The van der Waals surface area contributed by atoms with Crippen molar-refractivity contribution < 1.29 is 14.4 Å². The van der Waals surface area contributed by atoms with Crippen molar-refractivity contribution in [3.63, 3.8) is 0 Å². The van der Waals surface area contributed by atoms with Gasteiger partial charge in [0.25, 0.3) is 5.91 Å². The van der Waals surface area contributed by atoms with Crippen molar-refractivity contribution in [2.45, 2.75) is 38.7 Å². The number of hydrogen-bond donors (Lipinski definition) is 2. The molecule has 2 aromatic rings. The molecule has 2 N–H and O–H groups in total. The van der Waals surface area contributed by atoms with Crippen molar-refractivity contribution in [2.24, 2.45) is 0 Å². The minimum Gasteiger partial charge on any atom is -0.387 e. The fourth-order valence-electron chi connectivity index (χ4n) is 2.91. The van der Waals surface area contributed by atoms with E-state index in [-0.39, 0.29) is 12.5 Å². The molecular formula is C17H20N2O3. The maximum atomic E-state index is 12.3. The van der Waals surface area contributed by atoms with E-state index < -0.39 is 6.10 Å². The molecule has 1 heterocycles. The molecule has 1 aromatic heterocycles. The first-order chi connectivity index (χ1) is 10.7. The van der Waals surface area contributed by atoms with E-state index in [1.807, 2.05) is 31.2 Å². The number of aryl methyl sites for hydroxylation is 2. The number of amides is 1. The van der Waals surface area contributed by atoms with Gasteiger partial charge < -0.3 is 14.9 Å². The molecule has 1 aliphatic rings. The standard InChI is InChI=1S/C17H20N2O3/c1-11-6-2-3-7-12(11)14(20)10-18-17(21)16-13-8-4-5-9-15(13)22-19-16/h2-3,6-7,14,20H,4-5,8-10H2,1H3,(H,18,21)/t14-/m0/s1. The lowest BCUT2D eigenvalue weighted by Crippen LogP contribution is -2.29. The Kier molecular flexibility index (Phi) is 4.24. The van der Waals surface area contributed by atoms with Crippen molar-refractivity contribution in [3.8, 4) is 0 Å². The number of aromatic nitrogens is 1. The van der Waals surface area contributed by atoms with E-state index in [0.717, 1.165) is 48.1 Å². The zero-order chi connectivity index (χ0) is 15.5. The number of nitrogens with zero attached hydrogens (tertiary/aromatic N) is 1. The van der Waals surface area contributed by atoms with Crippen LogP contribution in [0.15, 0.2) is 28.8 Å². The van der Waals surface area contributed by atoms with E-state index in [1.54, 1.807) is 0 Å². The average molecular weight is 300 g/mol. The lowest BCUT2D eigenvalue weighted by atomic mass is 9.96. The Morgan fingerprint density at radius 3 is 2.95 bits per heavy atom. The molecule has 0 saturated carbocycles. The van der Waals surface area contributed by atoms with Gasteiger partial charge in [0.15, 0.2) is 5.69 Å². The number of fused-ring (bicyclic) bond motifs is 1. The quantitative estimate of drug-likeness (QED) is 0.908. The molecule has 0 spiro atoms. The molecule has 0 unspecified atom stereocenters. The van der Waals surface area contributed by atoms with Gasteiger partial charge in [0, 0.05) is 18.5 Å². The summed E-state index contributed by atoms with van der Waals surface area (Å²) in [7, 11) is 0. The first-order valence-corrected chi connectivity index (χ1v) is 7.66. The molecule has 0 radical (unpaired) electrons. The number of carbonyl (C=O) groups is 1. The van der Waals surface area contributed by atoms with Gasteiger partial charge in [-0.3, -0.25) is 4.79 Å². The fourth-order valence-corrected chi connectivity index (χ4v) is 2.91. The van der Waals surface area contributed by atoms with Crippen LogP contribution in [-0.4, -0.2) is 22.7 Å². The van der Waals surface area contributed by atoms with Gasteiger partial charge in [0.1, 0.15) is 5.76 Å². The zero-order valence-corrected chi connectivity index (χ0v) is 12.6.